The van der Waals surface area contributed by atoms with Gasteiger partial charge in [0, 0.05) is 12.5 Å². The summed E-state index contributed by atoms with van der Waals surface area (Å²) in [6, 6.07) is 8.29. The van der Waals surface area contributed by atoms with E-state index in [0.717, 1.165) is 25.0 Å². The molecule has 0 spiro atoms. The highest BCUT2D eigenvalue weighted by molar-refractivity contribution is 5.76. The van der Waals surface area contributed by atoms with E-state index in [1.165, 1.54) is 18.4 Å². The summed E-state index contributed by atoms with van der Waals surface area (Å²) >= 11 is 0. The van der Waals surface area contributed by atoms with Gasteiger partial charge in [-0.3, -0.25) is 4.79 Å². The monoisotopic (exact) mass is 288 g/mol. The molecule has 1 fully saturated rings. The number of rotatable bonds is 3. The number of benzene rings is 1. The minimum absolute atomic E-state index is 0.0761. The molecule has 1 saturated carbocycles. The Balaban J connectivity index is 1.52. The average Bonchev–Trinajstić information content (AvgIpc) is 2.49. The van der Waals surface area contributed by atoms with Crippen LogP contribution in [0.1, 0.15) is 37.7 Å². The number of hydrogen-bond donors (Lipinski definition) is 2. The number of hydrogen-bond acceptors (Lipinski definition) is 3. The molecule has 114 valence electrons. The first-order valence-electron chi connectivity index (χ1n) is 7.98. The summed E-state index contributed by atoms with van der Waals surface area (Å²) in [5.41, 5.74) is 7.29. The van der Waals surface area contributed by atoms with Crippen molar-refractivity contribution in [1.82, 2.24) is 5.32 Å². The van der Waals surface area contributed by atoms with Gasteiger partial charge in [-0.1, -0.05) is 31.0 Å². The molecule has 1 amide bonds. The summed E-state index contributed by atoms with van der Waals surface area (Å²) < 4.78 is 5.71. The van der Waals surface area contributed by atoms with Gasteiger partial charge < -0.3 is 15.8 Å². The third kappa shape index (κ3) is 3.56. The number of nitrogens with two attached hydrogens (primary N) is 1. The molecule has 0 radical (unpaired) electrons. The second-order valence-corrected chi connectivity index (χ2v) is 6.30. The molecule has 1 heterocycles. The predicted octanol–water partition coefficient (Wildman–Crippen LogP) is 2.01. The summed E-state index contributed by atoms with van der Waals surface area (Å²) in [4.78, 5) is 12.2. The van der Waals surface area contributed by atoms with Gasteiger partial charge in [0.1, 0.15) is 12.4 Å². The molecule has 3 unspecified atom stereocenters. The standard InChI is InChI=1S/C17H24N2O2/c18-15-7-3-1-5-12(15)10-17(20)19-14-9-13-6-2-4-8-16(13)21-11-14/h2,4,6,8,12,14-15H,1,3,5,7,9-11,18H2,(H,19,20). The van der Waals surface area contributed by atoms with Gasteiger partial charge in [-0.25, -0.2) is 0 Å². The lowest BCUT2D eigenvalue weighted by atomic mass is 9.83. The summed E-state index contributed by atoms with van der Waals surface area (Å²) in [5.74, 6) is 1.40. The summed E-state index contributed by atoms with van der Waals surface area (Å²) in [6.45, 7) is 0.555. The molecule has 4 heteroatoms. The first-order chi connectivity index (χ1) is 10.2. The highest BCUT2D eigenvalue weighted by atomic mass is 16.5. The smallest absolute Gasteiger partial charge is 0.220 e. The van der Waals surface area contributed by atoms with Gasteiger partial charge in [0.2, 0.25) is 5.91 Å². The van der Waals surface area contributed by atoms with Crippen LogP contribution in [0.5, 0.6) is 5.75 Å². The van der Waals surface area contributed by atoms with Gasteiger partial charge in [-0.2, -0.15) is 0 Å². The van der Waals surface area contributed by atoms with E-state index >= 15 is 0 Å². The molecule has 3 N–H and O–H groups in total. The van der Waals surface area contributed by atoms with E-state index < -0.39 is 0 Å². The van der Waals surface area contributed by atoms with E-state index in [1.807, 2.05) is 18.2 Å². The fourth-order valence-corrected chi connectivity index (χ4v) is 3.44. The molecule has 4 nitrogen and oxygen atoms in total. The maximum Gasteiger partial charge on any atom is 0.220 e. The molecule has 1 aromatic carbocycles. The van der Waals surface area contributed by atoms with Crippen LogP contribution in [0.2, 0.25) is 0 Å². The molecule has 3 rings (SSSR count). The van der Waals surface area contributed by atoms with Crippen LogP contribution < -0.4 is 15.8 Å². The maximum absolute atomic E-state index is 12.2. The minimum Gasteiger partial charge on any atom is -0.491 e. The molecule has 1 aromatic rings. The molecule has 0 aromatic heterocycles. The van der Waals surface area contributed by atoms with Crippen LogP contribution in [0.3, 0.4) is 0 Å². The van der Waals surface area contributed by atoms with E-state index in [0.29, 0.717) is 18.9 Å². The topological polar surface area (TPSA) is 64.4 Å². The van der Waals surface area contributed by atoms with E-state index in [1.54, 1.807) is 0 Å². The van der Waals surface area contributed by atoms with Crippen molar-refractivity contribution in [3.05, 3.63) is 29.8 Å². The molecule has 21 heavy (non-hydrogen) atoms. The third-order valence-electron chi connectivity index (χ3n) is 4.66. The number of carbonyl (C=O) groups excluding carboxylic acids is 1. The second-order valence-electron chi connectivity index (χ2n) is 6.30. The fraction of sp³-hybridized carbons (Fsp3) is 0.588. The zero-order valence-electron chi connectivity index (χ0n) is 12.4. The Labute approximate surface area is 126 Å². The Hall–Kier alpha value is -1.55. The maximum atomic E-state index is 12.2. The molecular formula is C17H24N2O2. The molecule has 0 saturated heterocycles. The van der Waals surface area contributed by atoms with Crippen LogP contribution in [0.25, 0.3) is 0 Å². The summed E-state index contributed by atoms with van der Waals surface area (Å²) in [7, 11) is 0. The molecule has 2 aliphatic rings. The largest absolute Gasteiger partial charge is 0.491 e. The average molecular weight is 288 g/mol. The number of amides is 1. The van der Waals surface area contributed by atoms with Gasteiger partial charge in [0.25, 0.3) is 0 Å². The highest BCUT2D eigenvalue weighted by Gasteiger charge is 2.26. The van der Waals surface area contributed by atoms with Crippen LogP contribution in [0.15, 0.2) is 24.3 Å². The number of ether oxygens (including phenoxy) is 1. The first kappa shape index (κ1) is 14.4. The Morgan fingerprint density at radius 1 is 1.29 bits per heavy atom. The third-order valence-corrected chi connectivity index (χ3v) is 4.66. The van der Waals surface area contributed by atoms with Crippen LogP contribution in [-0.2, 0) is 11.2 Å². The zero-order valence-corrected chi connectivity index (χ0v) is 12.4. The van der Waals surface area contributed by atoms with Gasteiger partial charge in [0.05, 0.1) is 6.04 Å². The van der Waals surface area contributed by atoms with Crippen molar-refractivity contribution < 1.29 is 9.53 Å². The Morgan fingerprint density at radius 2 is 2.10 bits per heavy atom. The zero-order chi connectivity index (χ0) is 14.7. The fourth-order valence-electron chi connectivity index (χ4n) is 3.44. The molecule has 3 atom stereocenters. The SMILES string of the molecule is NC1CCCCC1CC(=O)NC1COc2ccccc2C1. The summed E-state index contributed by atoms with van der Waals surface area (Å²) in [5, 5.41) is 3.11. The van der Waals surface area contributed by atoms with Gasteiger partial charge in [0.15, 0.2) is 0 Å². The molecule has 0 bridgehead atoms. The molecule has 1 aliphatic heterocycles. The van der Waals surface area contributed by atoms with E-state index in [-0.39, 0.29) is 18.0 Å². The second kappa shape index (κ2) is 6.48. The van der Waals surface area contributed by atoms with Crippen molar-refractivity contribution in [2.45, 2.75) is 50.6 Å². The summed E-state index contributed by atoms with van der Waals surface area (Å²) in [6.07, 6.45) is 5.94. The highest BCUT2D eigenvalue weighted by Crippen LogP contribution is 2.26. The van der Waals surface area contributed by atoms with Crippen molar-refractivity contribution in [3.63, 3.8) is 0 Å². The number of fused-ring (bicyclic) bond motifs is 1. The van der Waals surface area contributed by atoms with Gasteiger partial charge >= 0.3 is 0 Å². The minimum atomic E-state index is 0.0761. The van der Waals surface area contributed by atoms with Gasteiger partial charge in [-0.05, 0) is 36.8 Å². The van der Waals surface area contributed by atoms with Crippen molar-refractivity contribution in [3.8, 4) is 5.75 Å². The van der Waals surface area contributed by atoms with E-state index in [9.17, 15) is 4.79 Å². The quantitative estimate of drug-likeness (QED) is 0.894. The van der Waals surface area contributed by atoms with E-state index in [2.05, 4.69) is 11.4 Å². The van der Waals surface area contributed by atoms with Crippen LogP contribution in [0, 0.1) is 5.92 Å². The lowest BCUT2D eigenvalue weighted by molar-refractivity contribution is -0.123. The number of nitrogens with one attached hydrogen (secondary N) is 1. The molecule has 1 aliphatic carbocycles. The van der Waals surface area contributed by atoms with Crippen LogP contribution in [-0.4, -0.2) is 24.6 Å². The van der Waals surface area contributed by atoms with Crippen LogP contribution >= 0.6 is 0 Å². The Kier molecular flexibility index (Phi) is 4.44. The van der Waals surface area contributed by atoms with Gasteiger partial charge in [-0.15, -0.1) is 0 Å². The van der Waals surface area contributed by atoms with Crippen molar-refractivity contribution in [2.75, 3.05) is 6.61 Å². The Morgan fingerprint density at radius 3 is 2.95 bits per heavy atom. The Bertz CT molecular complexity index is 503. The van der Waals surface area contributed by atoms with Crippen molar-refractivity contribution >= 4 is 5.91 Å². The van der Waals surface area contributed by atoms with Crippen molar-refractivity contribution in [2.24, 2.45) is 11.7 Å². The lowest BCUT2D eigenvalue weighted by Crippen LogP contribution is -2.44. The first-order valence-corrected chi connectivity index (χ1v) is 7.98. The van der Waals surface area contributed by atoms with E-state index in [4.69, 9.17) is 10.5 Å². The number of carbonyl (C=O) groups is 1. The lowest BCUT2D eigenvalue weighted by Gasteiger charge is -2.30. The van der Waals surface area contributed by atoms with Crippen LogP contribution in [0.4, 0.5) is 0 Å². The number of para-hydroxylation sites is 1. The molecular weight excluding hydrogens is 264 g/mol. The normalized spacial score (nSPS) is 28.3. The predicted molar refractivity (Wildman–Crippen MR) is 82.1 cm³/mol. The van der Waals surface area contributed by atoms with Crippen molar-refractivity contribution in [1.29, 1.82) is 0 Å².